The second-order valence-electron chi connectivity index (χ2n) is 6.18. The van der Waals surface area contributed by atoms with Crippen LogP contribution in [-0.4, -0.2) is 72.3 Å². The largest absolute Gasteiger partial charge is 0.417 e. The molecule has 1 aromatic rings. The van der Waals surface area contributed by atoms with Gasteiger partial charge in [-0.05, 0) is 26.0 Å². The van der Waals surface area contributed by atoms with Gasteiger partial charge in [0.2, 0.25) is 5.91 Å². The number of hydrogen-bond acceptors (Lipinski definition) is 3. The van der Waals surface area contributed by atoms with E-state index in [2.05, 4.69) is 0 Å². The number of alkyl halides is 3. The first kappa shape index (κ1) is 20.2. The van der Waals surface area contributed by atoms with Gasteiger partial charge < -0.3 is 9.80 Å². The first-order valence-electron chi connectivity index (χ1n) is 8.73. The molecule has 8 heteroatoms. The van der Waals surface area contributed by atoms with Crippen LogP contribution in [0.3, 0.4) is 0 Å². The fourth-order valence-corrected chi connectivity index (χ4v) is 3.06. The normalized spacial score (nSPS) is 15.8. The predicted octanol–water partition coefficient (Wildman–Crippen LogP) is 2.33. The molecule has 0 spiro atoms. The highest BCUT2D eigenvalue weighted by molar-refractivity contribution is 5.96. The summed E-state index contributed by atoms with van der Waals surface area (Å²) in [6.45, 7) is 6.91. The van der Waals surface area contributed by atoms with Crippen molar-refractivity contribution in [2.24, 2.45) is 0 Å². The van der Waals surface area contributed by atoms with Crippen LogP contribution in [0.4, 0.5) is 13.2 Å². The molecule has 0 saturated carbocycles. The summed E-state index contributed by atoms with van der Waals surface area (Å²) in [4.78, 5) is 29.8. The van der Waals surface area contributed by atoms with Gasteiger partial charge in [0.25, 0.3) is 5.91 Å². The maximum Gasteiger partial charge on any atom is 0.417 e. The third-order valence-corrected chi connectivity index (χ3v) is 4.60. The van der Waals surface area contributed by atoms with Crippen LogP contribution in [0, 0.1) is 0 Å². The zero-order chi connectivity index (χ0) is 19.3. The van der Waals surface area contributed by atoms with Crippen molar-refractivity contribution in [2.45, 2.75) is 20.0 Å². The summed E-state index contributed by atoms with van der Waals surface area (Å²) in [5.41, 5.74) is -1.24. The Hall–Kier alpha value is -2.09. The van der Waals surface area contributed by atoms with Crippen LogP contribution in [0.1, 0.15) is 29.8 Å². The summed E-state index contributed by atoms with van der Waals surface area (Å²) < 4.78 is 39.3. The van der Waals surface area contributed by atoms with Gasteiger partial charge in [0.1, 0.15) is 0 Å². The molecule has 1 saturated heterocycles. The van der Waals surface area contributed by atoms with Gasteiger partial charge in [-0.1, -0.05) is 12.1 Å². The fraction of sp³-hybridized carbons (Fsp3) is 0.556. The van der Waals surface area contributed by atoms with Crippen molar-refractivity contribution in [3.05, 3.63) is 35.4 Å². The Kier molecular flexibility index (Phi) is 6.63. The maximum atomic E-state index is 13.1. The number of benzene rings is 1. The van der Waals surface area contributed by atoms with Gasteiger partial charge in [-0.15, -0.1) is 0 Å². The quantitative estimate of drug-likeness (QED) is 0.798. The molecule has 5 nitrogen and oxygen atoms in total. The van der Waals surface area contributed by atoms with E-state index in [-0.39, 0.29) is 18.0 Å². The molecule has 0 N–H and O–H groups in total. The molecule has 2 amide bonds. The standard InChI is InChI=1S/C18H24F3N3O2/c1-3-23(4-2)16(25)13-22-9-11-24(12-10-22)17(26)14-7-5-6-8-15(14)18(19,20)21/h5-8H,3-4,9-13H2,1-2H3. The lowest BCUT2D eigenvalue weighted by molar-refractivity contribution is -0.138. The number of hydrogen-bond donors (Lipinski definition) is 0. The summed E-state index contributed by atoms with van der Waals surface area (Å²) in [6, 6.07) is 4.84. The Labute approximate surface area is 151 Å². The topological polar surface area (TPSA) is 43.9 Å². The van der Waals surface area contributed by atoms with Crippen LogP contribution in [0.2, 0.25) is 0 Å². The minimum Gasteiger partial charge on any atom is -0.342 e. The monoisotopic (exact) mass is 371 g/mol. The van der Waals surface area contributed by atoms with Gasteiger partial charge in [-0.2, -0.15) is 13.2 Å². The molecule has 0 unspecified atom stereocenters. The molecule has 0 bridgehead atoms. The summed E-state index contributed by atoms with van der Waals surface area (Å²) in [6.07, 6.45) is -4.57. The van der Waals surface area contributed by atoms with Gasteiger partial charge in [-0.25, -0.2) is 0 Å². The molecular formula is C18H24F3N3O2. The molecule has 0 radical (unpaired) electrons. The van der Waals surface area contributed by atoms with Crippen LogP contribution in [0.5, 0.6) is 0 Å². The average molecular weight is 371 g/mol. The van der Waals surface area contributed by atoms with Crippen LogP contribution in [0.15, 0.2) is 24.3 Å². The number of rotatable bonds is 5. The number of carbonyl (C=O) groups is 2. The predicted molar refractivity (Wildman–Crippen MR) is 91.7 cm³/mol. The van der Waals surface area contributed by atoms with Crippen molar-refractivity contribution in [2.75, 3.05) is 45.8 Å². The first-order valence-corrected chi connectivity index (χ1v) is 8.73. The Bertz CT molecular complexity index is 637. The van der Waals surface area contributed by atoms with Crippen LogP contribution in [-0.2, 0) is 11.0 Å². The van der Waals surface area contributed by atoms with Crippen molar-refractivity contribution in [3.63, 3.8) is 0 Å². The summed E-state index contributed by atoms with van der Waals surface area (Å²) >= 11 is 0. The SMILES string of the molecule is CCN(CC)C(=O)CN1CCN(C(=O)c2ccccc2C(F)(F)F)CC1. The van der Waals surface area contributed by atoms with E-state index in [1.165, 1.54) is 23.1 Å². The van der Waals surface area contributed by atoms with Crippen molar-refractivity contribution in [1.29, 1.82) is 0 Å². The Morgan fingerprint density at radius 2 is 1.62 bits per heavy atom. The highest BCUT2D eigenvalue weighted by Gasteiger charge is 2.36. The highest BCUT2D eigenvalue weighted by atomic mass is 19.4. The molecule has 144 valence electrons. The Balaban J connectivity index is 1.98. The zero-order valence-electron chi connectivity index (χ0n) is 15.1. The van der Waals surface area contributed by atoms with E-state index in [0.29, 0.717) is 39.3 Å². The number of piperazine rings is 1. The Morgan fingerprint density at radius 3 is 2.15 bits per heavy atom. The summed E-state index contributed by atoms with van der Waals surface area (Å²) in [5, 5.41) is 0. The molecule has 1 aliphatic rings. The number of carbonyl (C=O) groups excluding carboxylic acids is 2. The van der Waals surface area contributed by atoms with Crippen molar-refractivity contribution in [3.8, 4) is 0 Å². The van der Waals surface area contributed by atoms with Gasteiger partial charge in [0, 0.05) is 39.3 Å². The number of amides is 2. The van der Waals surface area contributed by atoms with E-state index in [1.807, 2.05) is 18.7 Å². The summed E-state index contributed by atoms with van der Waals surface area (Å²) in [7, 11) is 0. The van der Waals surface area contributed by atoms with Crippen molar-refractivity contribution < 1.29 is 22.8 Å². The third-order valence-electron chi connectivity index (χ3n) is 4.60. The molecule has 1 heterocycles. The zero-order valence-corrected chi connectivity index (χ0v) is 15.1. The minimum absolute atomic E-state index is 0.0252. The first-order chi connectivity index (χ1) is 12.3. The van der Waals surface area contributed by atoms with Gasteiger partial charge >= 0.3 is 6.18 Å². The van der Waals surface area contributed by atoms with E-state index in [1.54, 1.807) is 4.90 Å². The van der Waals surface area contributed by atoms with Gasteiger partial charge in [-0.3, -0.25) is 14.5 Å². The number of nitrogens with zero attached hydrogens (tertiary/aromatic N) is 3. The Morgan fingerprint density at radius 1 is 1.04 bits per heavy atom. The van der Waals surface area contributed by atoms with Crippen LogP contribution < -0.4 is 0 Å². The van der Waals surface area contributed by atoms with E-state index in [4.69, 9.17) is 0 Å². The molecule has 0 aliphatic carbocycles. The number of likely N-dealkylation sites (N-methyl/N-ethyl adjacent to an activating group) is 1. The van der Waals surface area contributed by atoms with Crippen molar-refractivity contribution in [1.82, 2.24) is 14.7 Å². The van der Waals surface area contributed by atoms with E-state index in [0.717, 1.165) is 6.07 Å². The highest BCUT2D eigenvalue weighted by Crippen LogP contribution is 2.32. The number of halogens is 3. The lowest BCUT2D eigenvalue weighted by Crippen LogP contribution is -2.51. The molecule has 1 aromatic carbocycles. The van der Waals surface area contributed by atoms with Crippen molar-refractivity contribution >= 4 is 11.8 Å². The molecule has 0 atom stereocenters. The van der Waals surface area contributed by atoms with Gasteiger partial charge in [0.05, 0.1) is 17.7 Å². The molecule has 26 heavy (non-hydrogen) atoms. The molecule has 1 aliphatic heterocycles. The van der Waals surface area contributed by atoms with E-state index >= 15 is 0 Å². The second kappa shape index (κ2) is 8.53. The van der Waals surface area contributed by atoms with E-state index < -0.39 is 17.6 Å². The average Bonchev–Trinajstić information content (AvgIpc) is 2.62. The molecule has 0 aromatic heterocycles. The fourth-order valence-electron chi connectivity index (χ4n) is 3.06. The minimum atomic E-state index is -4.57. The summed E-state index contributed by atoms with van der Waals surface area (Å²) in [5.74, 6) is -0.593. The smallest absolute Gasteiger partial charge is 0.342 e. The molecule has 2 rings (SSSR count). The van der Waals surface area contributed by atoms with E-state index in [9.17, 15) is 22.8 Å². The molecule has 1 fully saturated rings. The third kappa shape index (κ3) is 4.75. The van der Waals surface area contributed by atoms with Gasteiger partial charge in [0.15, 0.2) is 0 Å². The second-order valence-corrected chi connectivity index (χ2v) is 6.18. The lowest BCUT2D eigenvalue weighted by Gasteiger charge is -2.35. The van der Waals surface area contributed by atoms with Crippen LogP contribution in [0.25, 0.3) is 0 Å². The lowest BCUT2D eigenvalue weighted by atomic mass is 10.1. The maximum absolute atomic E-state index is 13.1. The van der Waals surface area contributed by atoms with Crippen LogP contribution >= 0.6 is 0 Å². The molecular weight excluding hydrogens is 347 g/mol.